The monoisotopic (exact) mass is 366 g/mol. The van der Waals surface area contributed by atoms with Gasteiger partial charge in [0.2, 0.25) is 10.0 Å². The fourth-order valence-corrected chi connectivity index (χ4v) is 4.77. The molecule has 5 nitrogen and oxygen atoms in total. The molecule has 0 spiro atoms. The third-order valence-electron chi connectivity index (χ3n) is 5.30. The predicted molar refractivity (Wildman–Crippen MR) is 100 cm³/mol. The Labute approximate surface area is 151 Å². The van der Waals surface area contributed by atoms with Crippen LogP contribution in [0.25, 0.3) is 0 Å². The highest BCUT2D eigenvalue weighted by Crippen LogP contribution is 2.25. The van der Waals surface area contributed by atoms with Crippen LogP contribution in [0.3, 0.4) is 0 Å². The number of rotatable bonds is 8. The quantitative estimate of drug-likeness (QED) is 0.742. The van der Waals surface area contributed by atoms with Gasteiger partial charge in [0, 0.05) is 18.1 Å². The van der Waals surface area contributed by atoms with Gasteiger partial charge in [-0.05, 0) is 44.7 Å². The molecule has 0 aliphatic heterocycles. The van der Waals surface area contributed by atoms with Gasteiger partial charge in [-0.15, -0.1) is 0 Å². The van der Waals surface area contributed by atoms with Crippen molar-refractivity contribution in [2.75, 3.05) is 12.4 Å². The molecule has 1 aromatic rings. The second-order valence-electron chi connectivity index (χ2n) is 7.39. The Morgan fingerprint density at radius 1 is 1.00 bits per heavy atom. The molecule has 6 heteroatoms. The Hall–Kier alpha value is -1.11. The van der Waals surface area contributed by atoms with Gasteiger partial charge in [-0.3, -0.25) is 0 Å². The predicted octanol–water partition coefficient (Wildman–Crippen LogP) is 2.75. The molecule has 25 heavy (non-hydrogen) atoms. The van der Waals surface area contributed by atoms with Crippen LogP contribution >= 0.6 is 0 Å². The zero-order valence-electron chi connectivity index (χ0n) is 15.0. The zero-order valence-corrected chi connectivity index (χ0v) is 15.9. The van der Waals surface area contributed by atoms with Crippen LogP contribution in [0.2, 0.25) is 0 Å². The third kappa shape index (κ3) is 5.69. The second-order valence-corrected chi connectivity index (χ2v) is 9.26. The molecule has 2 atom stereocenters. The van der Waals surface area contributed by atoms with E-state index >= 15 is 0 Å². The maximum atomic E-state index is 12.3. The fourth-order valence-electron chi connectivity index (χ4n) is 3.61. The van der Waals surface area contributed by atoms with Crippen molar-refractivity contribution in [3.05, 3.63) is 29.8 Å². The van der Waals surface area contributed by atoms with Crippen LogP contribution in [0.15, 0.2) is 24.3 Å². The van der Waals surface area contributed by atoms with E-state index in [2.05, 4.69) is 10.0 Å². The first-order valence-electron chi connectivity index (χ1n) is 9.47. The average Bonchev–Trinajstić information content (AvgIpc) is 2.59. The van der Waals surface area contributed by atoms with Gasteiger partial charge < -0.3 is 10.1 Å². The molecule has 1 aromatic carbocycles. The standard InChI is InChI=1S/C19H30N2O3S/c1-15-7-9-17(10-8-15)24-13-14-25(22,23)21-19-12-11-18(19)20-16-5-3-2-4-6-16/h7-10,16,18-21H,2-6,11-14H2,1H3/t18-,19+/m0/s1. The minimum Gasteiger partial charge on any atom is -0.492 e. The van der Waals surface area contributed by atoms with Crippen LogP contribution in [0.4, 0.5) is 0 Å². The molecule has 0 amide bonds. The van der Waals surface area contributed by atoms with Crippen LogP contribution in [0.5, 0.6) is 5.75 Å². The first-order chi connectivity index (χ1) is 12.0. The minimum absolute atomic E-state index is 0.00642. The largest absolute Gasteiger partial charge is 0.492 e. The molecule has 0 heterocycles. The number of sulfonamides is 1. The average molecular weight is 367 g/mol. The van der Waals surface area contributed by atoms with E-state index in [0.717, 1.165) is 18.4 Å². The van der Waals surface area contributed by atoms with Crippen molar-refractivity contribution in [2.24, 2.45) is 0 Å². The fraction of sp³-hybridized carbons (Fsp3) is 0.684. The maximum absolute atomic E-state index is 12.3. The van der Waals surface area contributed by atoms with Crippen molar-refractivity contribution in [3.8, 4) is 5.75 Å². The maximum Gasteiger partial charge on any atom is 0.215 e. The van der Waals surface area contributed by atoms with E-state index in [0.29, 0.717) is 11.8 Å². The summed E-state index contributed by atoms with van der Waals surface area (Å²) in [5.74, 6) is 0.703. The molecule has 140 valence electrons. The number of benzene rings is 1. The van der Waals surface area contributed by atoms with Crippen molar-refractivity contribution < 1.29 is 13.2 Å². The molecule has 2 N–H and O–H groups in total. The van der Waals surface area contributed by atoms with Crippen LogP contribution in [-0.4, -0.2) is 38.9 Å². The number of aryl methyl sites for hydroxylation is 1. The molecule has 0 unspecified atom stereocenters. The summed E-state index contributed by atoms with van der Waals surface area (Å²) in [6.45, 7) is 2.18. The summed E-state index contributed by atoms with van der Waals surface area (Å²) in [5.41, 5.74) is 1.16. The Morgan fingerprint density at radius 3 is 2.32 bits per heavy atom. The first-order valence-corrected chi connectivity index (χ1v) is 11.1. The second kappa shape index (κ2) is 8.52. The Balaban J connectivity index is 1.40. The summed E-state index contributed by atoms with van der Waals surface area (Å²) >= 11 is 0. The summed E-state index contributed by atoms with van der Waals surface area (Å²) in [6.07, 6.45) is 8.33. The molecule has 2 saturated carbocycles. The summed E-state index contributed by atoms with van der Waals surface area (Å²) in [4.78, 5) is 0. The normalized spacial score (nSPS) is 24.7. The van der Waals surface area contributed by atoms with E-state index in [1.54, 1.807) is 0 Å². The third-order valence-corrected chi connectivity index (χ3v) is 6.67. The van der Waals surface area contributed by atoms with Crippen molar-refractivity contribution >= 4 is 10.0 Å². The van der Waals surface area contributed by atoms with Gasteiger partial charge in [-0.25, -0.2) is 13.1 Å². The smallest absolute Gasteiger partial charge is 0.215 e. The lowest BCUT2D eigenvalue weighted by Gasteiger charge is -2.40. The molecule has 0 radical (unpaired) electrons. The van der Waals surface area contributed by atoms with Gasteiger partial charge in [-0.2, -0.15) is 0 Å². The van der Waals surface area contributed by atoms with Gasteiger partial charge in [0.25, 0.3) is 0 Å². The Morgan fingerprint density at radius 2 is 1.68 bits per heavy atom. The lowest BCUT2D eigenvalue weighted by Crippen LogP contribution is -2.59. The molecular weight excluding hydrogens is 336 g/mol. The zero-order chi connectivity index (χ0) is 17.7. The number of hydrogen-bond acceptors (Lipinski definition) is 4. The lowest BCUT2D eigenvalue weighted by atomic mass is 9.85. The Kier molecular flexibility index (Phi) is 6.36. The number of nitrogens with one attached hydrogen (secondary N) is 2. The van der Waals surface area contributed by atoms with E-state index in [9.17, 15) is 8.42 Å². The Bertz CT molecular complexity index is 639. The van der Waals surface area contributed by atoms with Gasteiger partial charge in [-0.1, -0.05) is 37.0 Å². The van der Waals surface area contributed by atoms with E-state index in [-0.39, 0.29) is 24.4 Å². The molecule has 0 aromatic heterocycles. The van der Waals surface area contributed by atoms with Crippen LogP contribution < -0.4 is 14.8 Å². The van der Waals surface area contributed by atoms with Crippen molar-refractivity contribution in [1.82, 2.24) is 10.0 Å². The van der Waals surface area contributed by atoms with E-state index in [1.165, 1.54) is 32.1 Å². The van der Waals surface area contributed by atoms with Crippen LogP contribution in [0.1, 0.15) is 50.5 Å². The molecule has 2 fully saturated rings. The topological polar surface area (TPSA) is 67.4 Å². The molecule has 0 bridgehead atoms. The molecular formula is C19H30N2O3S. The highest BCUT2D eigenvalue weighted by molar-refractivity contribution is 7.89. The SMILES string of the molecule is Cc1ccc(OCCS(=O)(=O)N[C@@H]2CC[C@@H]2NC2CCCCC2)cc1. The molecule has 3 rings (SSSR count). The van der Waals surface area contributed by atoms with Gasteiger partial charge in [0.05, 0.1) is 5.75 Å². The van der Waals surface area contributed by atoms with Gasteiger partial charge >= 0.3 is 0 Å². The molecule has 0 saturated heterocycles. The molecule has 2 aliphatic carbocycles. The lowest BCUT2D eigenvalue weighted by molar-refractivity contribution is 0.221. The summed E-state index contributed by atoms with van der Waals surface area (Å²) in [7, 11) is -3.31. The van der Waals surface area contributed by atoms with Gasteiger partial charge in [0.15, 0.2) is 0 Å². The van der Waals surface area contributed by atoms with E-state index < -0.39 is 10.0 Å². The van der Waals surface area contributed by atoms with Crippen LogP contribution in [-0.2, 0) is 10.0 Å². The number of hydrogen-bond donors (Lipinski definition) is 2. The van der Waals surface area contributed by atoms with Gasteiger partial charge in [0.1, 0.15) is 12.4 Å². The highest BCUT2D eigenvalue weighted by atomic mass is 32.2. The van der Waals surface area contributed by atoms with Crippen LogP contribution in [0, 0.1) is 6.92 Å². The van der Waals surface area contributed by atoms with Crippen molar-refractivity contribution in [1.29, 1.82) is 0 Å². The van der Waals surface area contributed by atoms with E-state index in [4.69, 9.17) is 4.74 Å². The summed E-state index contributed by atoms with van der Waals surface area (Å²) in [5, 5.41) is 3.66. The minimum atomic E-state index is -3.31. The highest BCUT2D eigenvalue weighted by Gasteiger charge is 2.35. The van der Waals surface area contributed by atoms with E-state index in [1.807, 2.05) is 31.2 Å². The molecule has 2 aliphatic rings. The number of ether oxygens (including phenoxy) is 1. The summed E-state index contributed by atoms with van der Waals surface area (Å²) in [6, 6.07) is 8.53. The van der Waals surface area contributed by atoms with Crippen molar-refractivity contribution in [2.45, 2.75) is 70.0 Å². The van der Waals surface area contributed by atoms with Crippen molar-refractivity contribution in [3.63, 3.8) is 0 Å². The first kappa shape index (κ1) is 18.7. The summed E-state index contributed by atoms with van der Waals surface area (Å²) < 4.78 is 33.0.